The number of alkyl halides is 6. The molecular formula is C33H42BrF7N8O5. The van der Waals surface area contributed by atoms with Gasteiger partial charge in [-0.05, 0) is 111 Å². The van der Waals surface area contributed by atoms with Gasteiger partial charge >= 0.3 is 30.3 Å². The molecule has 3 N–H and O–H groups in total. The summed E-state index contributed by atoms with van der Waals surface area (Å²) in [4.78, 5) is 46.6. The number of carboxylic acid groups (broad SMARTS) is 2. The predicted molar refractivity (Wildman–Crippen MR) is 186 cm³/mol. The van der Waals surface area contributed by atoms with Crippen LogP contribution < -0.4 is 15.3 Å². The van der Waals surface area contributed by atoms with Crippen molar-refractivity contribution in [2.75, 3.05) is 55.7 Å². The minimum Gasteiger partial charge on any atom is -0.475 e. The minimum atomic E-state index is -5.08. The number of hydrazine groups is 1. The second kappa shape index (κ2) is 21.6. The zero-order valence-electron chi connectivity index (χ0n) is 29.5. The molecule has 2 fully saturated rings. The molecule has 2 aliphatic heterocycles. The fraction of sp³-hybridized carbons (Fsp3) is 0.576. The van der Waals surface area contributed by atoms with Gasteiger partial charge in [0, 0.05) is 31.0 Å². The summed E-state index contributed by atoms with van der Waals surface area (Å²) >= 11 is 3.45. The van der Waals surface area contributed by atoms with Crippen molar-refractivity contribution in [3.05, 3.63) is 46.6 Å². The van der Waals surface area contributed by atoms with Crippen LogP contribution in [0.1, 0.15) is 58.2 Å². The third kappa shape index (κ3) is 16.0. The Morgan fingerprint density at radius 3 is 2.00 bits per heavy atom. The normalized spacial score (nSPS) is 15.5. The van der Waals surface area contributed by atoms with Gasteiger partial charge in [-0.3, -0.25) is 9.91 Å². The molecule has 21 heteroatoms. The molecule has 0 aliphatic carbocycles. The SMILES string of the molecule is CC(C)CN(NC(=O)N(CCCN1CCC(N2CCCCC2)CC1)c1ccc(F)cc1)c1nc(C#N)ncc1Br.O=C(O)C(F)(F)F.O=C(O)C(F)(F)F. The highest BCUT2D eigenvalue weighted by Gasteiger charge is 2.39. The number of piperidine rings is 2. The van der Waals surface area contributed by atoms with E-state index in [0.717, 1.165) is 26.1 Å². The number of benzene rings is 1. The summed E-state index contributed by atoms with van der Waals surface area (Å²) in [7, 11) is 0. The third-order valence-corrected chi connectivity index (χ3v) is 8.61. The van der Waals surface area contributed by atoms with E-state index >= 15 is 0 Å². The first kappa shape index (κ1) is 45.9. The topological polar surface area (TPSA) is 166 Å². The number of rotatable bonds is 10. The number of aliphatic carboxylic acids is 2. The standard InChI is InChI=1S/C29H40BrFN8O.2C2HF3O2/c1-22(2)21-39(28-26(30)20-33-27(19-32)34-28)35-29(40)38(25-9-7-23(31)8-10-25)16-6-13-36-17-11-24(12-18-36)37-14-4-3-5-15-37;2*3-2(4,5)1(6)7/h7-10,20,22,24H,3-6,11-18,21H2,1-2H3,(H,35,40);2*(H,6,7). The van der Waals surface area contributed by atoms with Crippen LogP contribution in [0.25, 0.3) is 0 Å². The fourth-order valence-corrected chi connectivity index (χ4v) is 5.95. The smallest absolute Gasteiger partial charge is 0.475 e. The lowest BCUT2D eigenvalue weighted by molar-refractivity contribution is -0.193. The number of aromatic nitrogens is 2. The fourth-order valence-electron chi connectivity index (χ4n) is 5.54. The number of halogens is 8. The number of hydrogen-bond donors (Lipinski definition) is 3. The van der Waals surface area contributed by atoms with E-state index in [2.05, 4.69) is 41.1 Å². The first-order valence-electron chi connectivity index (χ1n) is 16.8. The lowest BCUT2D eigenvalue weighted by atomic mass is 10.00. The van der Waals surface area contributed by atoms with Crippen molar-refractivity contribution < 1.29 is 55.3 Å². The van der Waals surface area contributed by atoms with Crippen molar-refractivity contribution in [2.45, 2.75) is 70.8 Å². The van der Waals surface area contributed by atoms with Crippen molar-refractivity contribution in [2.24, 2.45) is 5.92 Å². The highest BCUT2D eigenvalue weighted by Crippen LogP contribution is 2.25. The van der Waals surface area contributed by atoms with Crippen LogP contribution in [0, 0.1) is 23.1 Å². The molecule has 2 amide bonds. The molecule has 0 unspecified atom stereocenters. The average Bonchev–Trinajstić information content (AvgIpc) is 3.11. The Balaban J connectivity index is 0.000000610. The highest BCUT2D eigenvalue weighted by atomic mass is 79.9. The summed E-state index contributed by atoms with van der Waals surface area (Å²) in [5.74, 6) is -5.25. The molecule has 1 aromatic heterocycles. The molecule has 1 aromatic carbocycles. The predicted octanol–water partition coefficient (Wildman–Crippen LogP) is 6.45. The number of anilines is 2. The average molecular weight is 844 g/mol. The first-order chi connectivity index (χ1) is 25.2. The zero-order valence-corrected chi connectivity index (χ0v) is 31.1. The monoisotopic (exact) mass is 842 g/mol. The summed E-state index contributed by atoms with van der Waals surface area (Å²) in [5, 5.41) is 25.2. The first-order valence-corrected chi connectivity index (χ1v) is 17.6. The van der Waals surface area contributed by atoms with Gasteiger partial charge in [-0.1, -0.05) is 20.3 Å². The van der Waals surface area contributed by atoms with Gasteiger partial charge in [0.2, 0.25) is 5.82 Å². The lowest BCUT2D eigenvalue weighted by Crippen LogP contribution is -2.52. The maximum absolute atomic E-state index is 13.7. The van der Waals surface area contributed by atoms with Crippen molar-refractivity contribution >= 4 is 45.4 Å². The van der Waals surface area contributed by atoms with Crippen LogP contribution in [0.15, 0.2) is 34.9 Å². The van der Waals surface area contributed by atoms with Crippen molar-refractivity contribution in [3.63, 3.8) is 0 Å². The third-order valence-electron chi connectivity index (χ3n) is 8.05. The van der Waals surface area contributed by atoms with E-state index in [4.69, 9.17) is 19.8 Å². The van der Waals surface area contributed by atoms with Crippen molar-refractivity contribution in [3.8, 4) is 6.07 Å². The number of nitrogens with one attached hydrogen (secondary N) is 1. The van der Waals surface area contributed by atoms with Crippen LogP contribution in [0.4, 0.5) is 47.0 Å². The van der Waals surface area contributed by atoms with Crippen LogP contribution in [0.3, 0.4) is 0 Å². The number of amides is 2. The van der Waals surface area contributed by atoms with Gasteiger partial charge in [0.1, 0.15) is 11.9 Å². The van der Waals surface area contributed by atoms with E-state index in [9.17, 15) is 40.8 Å². The summed E-state index contributed by atoms with van der Waals surface area (Å²) in [5.41, 5.74) is 3.60. The van der Waals surface area contributed by atoms with E-state index in [1.165, 1.54) is 63.5 Å². The minimum absolute atomic E-state index is 0.0145. The number of likely N-dealkylation sites (tertiary alicyclic amines) is 2. The Morgan fingerprint density at radius 2 is 1.52 bits per heavy atom. The van der Waals surface area contributed by atoms with Crippen LogP contribution >= 0.6 is 15.9 Å². The Morgan fingerprint density at radius 1 is 0.981 bits per heavy atom. The molecule has 2 aliphatic rings. The number of hydrogen-bond acceptors (Lipinski definition) is 9. The summed E-state index contributed by atoms with van der Waals surface area (Å²) < 4.78 is 77.8. The van der Waals surface area contributed by atoms with Crippen LogP contribution in [0.2, 0.25) is 0 Å². The van der Waals surface area contributed by atoms with Gasteiger partial charge in [0.15, 0.2) is 5.82 Å². The van der Waals surface area contributed by atoms with Crippen LogP contribution in [0.5, 0.6) is 0 Å². The quantitative estimate of drug-likeness (QED) is 0.178. The van der Waals surface area contributed by atoms with E-state index in [1.807, 2.05) is 19.9 Å². The number of carboxylic acids is 2. The van der Waals surface area contributed by atoms with Gasteiger partial charge in [-0.15, -0.1) is 0 Å². The largest absolute Gasteiger partial charge is 0.490 e. The van der Waals surface area contributed by atoms with Gasteiger partial charge < -0.3 is 20.0 Å². The number of urea groups is 1. The molecular weight excluding hydrogens is 801 g/mol. The van der Waals surface area contributed by atoms with Gasteiger partial charge in [-0.2, -0.15) is 36.6 Å². The molecule has 0 spiro atoms. The molecule has 54 heavy (non-hydrogen) atoms. The Kier molecular flexibility index (Phi) is 18.3. The summed E-state index contributed by atoms with van der Waals surface area (Å²) in [6.45, 7) is 10.5. The van der Waals surface area contributed by atoms with Gasteiger partial charge in [-0.25, -0.2) is 29.2 Å². The van der Waals surface area contributed by atoms with Crippen LogP contribution in [-0.4, -0.2) is 112 Å². The molecule has 0 atom stereocenters. The van der Waals surface area contributed by atoms with Gasteiger partial charge in [0.05, 0.1) is 4.47 Å². The lowest BCUT2D eigenvalue weighted by Gasteiger charge is -2.40. The second-order valence-electron chi connectivity index (χ2n) is 12.7. The Bertz CT molecular complexity index is 1520. The van der Waals surface area contributed by atoms with E-state index < -0.39 is 24.3 Å². The van der Waals surface area contributed by atoms with Crippen LogP contribution in [-0.2, 0) is 9.59 Å². The second-order valence-corrected chi connectivity index (χ2v) is 13.5. The molecule has 2 saturated heterocycles. The number of nitrogens with zero attached hydrogens (tertiary/aromatic N) is 7. The van der Waals surface area contributed by atoms with Crippen molar-refractivity contribution in [1.82, 2.24) is 25.2 Å². The summed E-state index contributed by atoms with van der Waals surface area (Å²) in [6.07, 6.45) is -1.46. The molecule has 300 valence electrons. The number of nitriles is 1. The van der Waals surface area contributed by atoms with E-state index in [-0.39, 0.29) is 23.6 Å². The number of carbonyl (C=O) groups is 3. The van der Waals surface area contributed by atoms with E-state index in [1.54, 1.807) is 22.0 Å². The maximum Gasteiger partial charge on any atom is 0.490 e. The molecule has 3 heterocycles. The molecule has 2 aromatic rings. The maximum atomic E-state index is 13.7. The molecule has 13 nitrogen and oxygen atoms in total. The zero-order chi connectivity index (χ0) is 40.6. The number of carbonyl (C=O) groups excluding carboxylic acids is 1. The van der Waals surface area contributed by atoms with Gasteiger partial charge in [0.25, 0.3) is 0 Å². The Labute approximate surface area is 315 Å². The molecule has 0 radical (unpaired) electrons. The molecule has 4 rings (SSSR count). The van der Waals surface area contributed by atoms with Crippen molar-refractivity contribution in [1.29, 1.82) is 5.26 Å². The molecule has 0 bridgehead atoms. The Hall–Kier alpha value is -4.29. The highest BCUT2D eigenvalue weighted by molar-refractivity contribution is 9.10. The van der Waals surface area contributed by atoms with E-state index in [0.29, 0.717) is 35.1 Å². The summed E-state index contributed by atoms with van der Waals surface area (Å²) in [6, 6.07) is 8.30. The molecule has 0 saturated carbocycles.